The van der Waals surface area contributed by atoms with E-state index in [0.29, 0.717) is 28.6 Å². The summed E-state index contributed by atoms with van der Waals surface area (Å²) in [6, 6.07) is 34.3. The van der Waals surface area contributed by atoms with Gasteiger partial charge in [0, 0.05) is 6.42 Å². The van der Waals surface area contributed by atoms with Gasteiger partial charge in [-0.15, -0.1) is 0 Å². The predicted octanol–water partition coefficient (Wildman–Crippen LogP) is 7.93. The minimum absolute atomic E-state index is 0.128. The third-order valence-electron chi connectivity index (χ3n) is 6.15. The maximum atomic E-state index is 14.2. The second-order valence-electron chi connectivity index (χ2n) is 9.12. The lowest BCUT2D eigenvalue weighted by Gasteiger charge is -2.25. The summed E-state index contributed by atoms with van der Waals surface area (Å²) >= 11 is 0. The topological polar surface area (TPSA) is 112 Å². The Morgan fingerprint density at radius 3 is 1.95 bits per heavy atom. The van der Waals surface area contributed by atoms with Gasteiger partial charge in [0.1, 0.15) is 17.3 Å². The molecule has 0 spiro atoms. The molecule has 5 rings (SSSR count). The third kappa shape index (κ3) is 7.38. The Morgan fingerprint density at radius 2 is 1.36 bits per heavy atom. The Kier molecular flexibility index (Phi) is 9.21. The van der Waals surface area contributed by atoms with Gasteiger partial charge in [-0.3, -0.25) is 5.09 Å². The lowest BCUT2D eigenvalue weighted by molar-refractivity contribution is 0.0517. The number of anilines is 2. The van der Waals surface area contributed by atoms with Crippen molar-refractivity contribution in [3.05, 3.63) is 139 Å². The second-order valence-corrected chi connectivity index (χ2v) is 10.7. The predicted molar refractivity (Wildman–Crippen MR) is 161 cm³/mol. The van der Waals surface area contributed by atoms with Crippen molar-refractivity contribution >= 4 is 25.1 Å². The number of aromatic nitrogens is 1. The van der Waals surface area contributed by atoms with Crippen LogP contribution in [0.5, 0.6) is 11.5 Å². The summed E-state index contributed by atoms with van der Waals surface area (Å²) in [5, 5.41) is 6.54. The Labute approximate surface area is 244 Å². The smallest absolute Gasteiger partial charge is 0.461 e. The van der Waals surface area contributed by atoms with Crippen LogP contribution < -0.4 is 19.5 Å². The number of nitrogens with one attached hydrogen (secondary N) is 2. The molecule has 0 aliphatic carbocycles. The number of carbonyl (C=O) groups is 1. The largest absolute Gasteiger partial charge is 0.541 e. The van der Waals surface area contributed by atoms with Gasteiger partial charge in [0.2, 0.25) is 0 Å². The van der Waals surface area contributed by atoms with E-state index in [9.17, 15) is 9.36 Å². The zero-order chi connectivity index (χ0) is 29.2. The first-order valence-electron chi connectivity index (χ1n) is 13.4. The maximum Gasteiger partial charge on any atom is 0.541 e. The maximum absolute atomic E-state index is 14.2. The first kappa shape index (κ1) is 28.5. The van der Waals surface area contributed by atoms with Gasteiger partial charge in [-0.25, -0.2) is 14.3 Å². The molecule has 214 valence electrons. The Bertz CT molecular complexity index is 1580. The van der Waals surface area contributed by atoms with Gasteiger partial charge in [0.05, 0.1) is 24.0 Å². The second kappa shape index (κ2) is 13.6. The number of para-hydroxylation sites is 4. The quantitative estimate of drug-likeness (QED) is 0.105. The number of benzene rings is 4. The Morgan fingerprint density at radius 1 is 0.810 bits per heavy atom. The van der Waals surface area contributed by atoms with Gasteiger partial charge in [-0.05, 0) is 48.9 Å². The fourth-order valence-electron chi connectivity index (χ4n) is 4.25. The summed E-state index contributed by atoms with van der Waals surface area (Å²) < 4.78 is 36.8. The number of esters is 1. The lowest BCUT2D eigenvalue weighted by atomic mass is 10.0. The number of oxazole rings is 1. The van der Waals surface area contributed by atoms with Crippen LogP contribution in [0.3, 0.4) is 0 Å². The van der Waals surface area contributed by atoms with Crippen molar-refractivity contribution in [2.24, 2.45) is 0 Å². The van der Waals surface area contributed by atoms with Crippen LogP contribution >= 0.6 is 7.75 Å². The first-order valence-corrected chi connectivity index (χ1v) is 14.9. The molecule has 0 saturated carbocycles. The molecule has 1 aromatic heterocycles. The summed E-state index contributed by atoms with van der Waals surface area (Å²) in [7, 11) is -3.99. The number of nitrogens with zero attached hydrogens (tertiary/aromatic N) is 1. The Hall–Kier alpha value is -5.01. The van der Waals surface area contributed by atoms with Crippen LogP contribution in [-0.2, 0) is 15.7 Å². The number of rotatable bonds is 13. The third-order valence-corrected chi connectivity index (χ3v) is 7.57. The standard InChI is InChI=1S/C32H30N3O6P/c1-2-38-32(36)31-30(39-23-33-31)22-29(24-14-6-3-7-15-24)34-27-20-12-13-21-28(27)35-42(37,40-25-16-8-4-9-17-25)41-26-18-10-5-11-19-26/h3-21,23,29,34H,2,22H2,1H3,(H,35,37). The van der Waals surface area contributed by atoms with E-state index in [-0.39, 0.29) is 24.8 Å². The van der Waals surface area contributed by atoms with Gasteiger partial charge in [0.25, 0.3) is 0 Å². The van der Waals surface area contributed by atoms with E-state index >= 15 is 0 Å². The van der Waals surface area contributed by atoms with Crippen molar-refractivity contribution in [1.82, 2.24) is 4.98 Å². The molecule has 1 atom stereocenters. The van der Waals surface area contributed by atoms with Crippen LogP contribution in [0.2, 0.25) is 0 Å². The molecule has 0 radical (unpaired) electrons. The summed E-state index contributed by atoms with van der Waals surface area (Å²) in [5.74, 6) is 0.597. The van der Waals surface area contributed by atoms with Crippen LogP contribution in [0.25, 0.3) is 0 Å². The highest BCUT2D eigenvalue weighted by molar-refractivity contribution is 7.56. The van der Waals surface area contributed by atoms with E-state index in [4.69, 9.17) is 18.2 Å². The van der Waals surface area contributed by atoms with Crippen molar-refractivity contribution in [3.8, 4) is 11.5 Å². The molecule has 5 aromatic rings. The van der Waals surface area contributed by atoms with Crippen molar-refractivity contribution in [2.45, 2.75) is 19.4 Å². The molecule has 1 unspecified atom stereocenters. The number of hydrogen-bond donors (Lipinski definition) is 2. The van der Waals surface area contributed by atoms with Gasteiger partial charge >= 0.3 is 13.7 Å². The molecule has 2 N–H and O–H groups in total. The average molecular weight is 584 g/mol. The van der Waals surface area contributed by atoms with Gasteiger partial charge in [-0.1, -0.05) is 78.9 Å². The molecule has 4 aromatic carbocycles. The molecule has 9 nitrogen and oxygen atoms in total. The van der Waals surface area contributed by atoms with Crippen LogP contribution in [0.4, 0.5) is 11.4 Å². The fourth-order valence-corrected chi connectivity index (χ4v) is 5.67. The van der Waals surface area contributed by atoms with Gasteiger partial charge in [-0.2, -0.15) is 0 Å². The monoisotopic (exact) mass is 583 g/mol. The van der Waals surface area contributed by atoms with Gasteiger partial charge < -0.3 is 23.5 Å². The van der Waals surface area contributed by atoms with E-state index < -0.39 is 13.7 Å². The summed E-state index contributed by atoms with van der Waals surface area (Å²) in [4.78, 5) is 16.6. The molecule has 0 aliphatic heterocycles. The molecule has 0 fully saturated rings. The molecule has 0 saturated heterocycles. The fraction of sp³-hybridized carbons (Fsp3) is 0.125. The SMILES string of the molecule is CCOC(=O)c1ncoc1CC(Nc1ccccc1NP(=O)(Oc1ccccc1)Oc1ccccc1)c1ccccc1. The van der Waals surface area contributed by atoms with E-state index in [1.54, 1.807) is 61.5 Å². The molecular formula is C32H30N3O6P. The van der Waals surface area contributed by atoms with Crippen molar-refractivity contribution in [1.29, 1.82) is 0 Å². The van der Waals surface area contributed by atoms with Crippen LogP contribution in [0, 0.1) is 0 Å². The van der Waals surface area contributed by atoms with E-state index in [2.05, 4.69) is 15.4 Å². The number of ether oxygens (including phenoxy) is 1. The normalized spacial score (nSPS) is 11.7. The molecule has 42 heavy (non-hydrogen) atoms. The minimum atomic E-state index is -3.99. The Balaban J connectivity index is 1.46. The highest BCUT2D eigenvalue weighted by atomic mass is 31.2. The van der Waals surface area contributed by atoms with E-state index in [1.165, 1.54) is 6.39 Å². The number of carbonyl (C=O) groups excluding carboxylic acids is 1. The molecule has 0 bridgehead atoms. The lowest BCUT2D eigenvalue weighted by Crippen LogP contribution is -2.17. The van der Waals surface area contributed by atoms with Crippen molar-refractivity contribution in [3.63, 3.8) is 0 Å². The average Bonchev–Trinajstić information content (AvgIpc) is 3.47. The summed E-state index contributed by atoms with van der Waals surface area (Å²) in [6.07, 6.45) is 1.52. The molecule has 0 amide bonds. The minimum Gasteiger partial charge on any atom is -0.461 e. The van der Waals surface area contributed by atoms with E-state index in [0.717, 1.165) is 5.56 Å². The first-order chi connectivity index (χ1) is 20.5. The summed E-state index contributed by atoms with van der Waals surface area (Å²) in [6.45, 7) is 1.96. The summed E-state index contributed by atoms with van der Waals surface area (Å²) in [5.41, 5.74) is 2.17. The van der Waals surface area contributed by atoms with Crippen LogP contribution in [-0.4, -0.2) is 17.6 Å². The van der Waals surface area contributed by atoms with Crippen LogP contribution in [0.1, 0.15) is 34.8 Å². The molecule has 0 aliphatic rings. The van der Waals surface area contributed by atoms with E-state index in [1.807, 2.05) is 60.7 Å². The zero-order valence-electron chi connectivity index (χ0n) is 22.9. The van der Waals surface area contributed by atoms with Gasteiger partial charge in [0.15, 0.2) is 12.1 Å². The number of hydrogen-bond acceptors (Lipinski definition) is 8. The van der Waals surface area contributed by atoms with Crippen molar-refractivity contribution in [2.75, 3.05) is 17.0 Å². The highest BCUT2D eigenvalue weighted by Gasteiger charge is 2.31. The zero-order valence-corrected chi connectivity index (χ0v) is 23.8. The van der Waals surface area contributed by atoms with Crippen LogP contribution in [0.15, 0.2) is 126 Å². The molecular weight excluding hydrogens is 553 g/mol. The highest BCUT2D eigenvalue weighted by Crippen LogP contribution is 2.49. The molecule has 1 heterocycles. The molecule has 10 heteroatoms. The van der Waals surface area contributed by atoms with Crippen molar-refractivity contribution < 1.29 is 27.6 Å².